The molecule has 1 unspecified atom stereocenters. The third-order valence-corrected chi connectivity index (χ3v) is 7.22. The van der Waals surface area contributed by atoms with Crippen LogP contribution in [0.25, 0.3) is 0 Å². The van der Waals surface area contributed by atoms with Crippen molar-refractivity contribution >= 4 is 33.2 Å². The van der Waals surface area contributed by atoms with Crippen LogP contribution in [0.2, 0.25) is 5.02 Å². The summed E-state index contributed by atoms with van der Waals surface area (Å²) in [5.41, 5.74) is -1.49. The van der Waals surface area contributed by atoms with Gasteiger partial charge in [0.05, 0.1) is 22.1 Å². The number of benzene rings is 2. The molecule has 1 fully saturated rings. The van der Waals surface area contributed by atoms with Crippen molar-refractivity contribution in [2.24, 2.45) is 0 Å². The van der Waals surface area contributed by atoms with Crippen molar-refractivity contribution in [3.63, 3.8) is 0 Å². The Labute approximate surface area is 188 Å². The number of piperazine rings is 1. The molecule has 170 valence electrons. The molecule has 0 aliphatic carbocycles. The molecule has 3 rings (SSSR count). The van der Waals surface area contributed by atoms with Gasteiger partial charge in [0.1, 0.15) is 6.04 Å². The van der Waals surface area contributed by atoms with Gasteiger partial charge in [-0.3, -0.25) is 4.79 Å². The molecule has 1 atom stereocenters. The van der Waals surface area contributed by atoms with Gasteiger partial charge in [0.2, 0.25) is 15.9 Å². The highest BCUT2D eigenvalue weighted by Crippen LogP contribution is 2.35. The van der Waals surface area contributed by atoms with Crippen LogP contribution < -0.4 is 10.2 Å². The highest BCUT2D eigenvalue weighted by Gasteiger charge is 2.41. The Kier molecular flexibility index (Phi) is 6.69. The molecule has 12 heteroatoms. The van der Waals surface area contributed by atoms with Crippen LogP contribution in [0.3, 0.4) is 0 Å². The van der Waals surface area contributed by atoms with Crippen molar-refractivity contribution in [1.82, 2.24) is 9.62 Å². The number of nitrogens with zero attached hydrogens (tertiary/aromatic N) is 3. The van der Waals surface area contributed by atoms with E-state index < -0.39 is 39.3 Å². The molecule has 0 aromatic heterocycles. The lowest BCUT2D eigenvalue weighted by molar-refractivity contribution is -0.137. The minimum Gasteiger partial charge on any atom is -0.368 e. The number of carbonyl (C=O) groups is 1. The van der Waals surface area contributed by atoms with E-state index in [9.17, 15) is 26.4 Å². The predicted molar refractivity (Wildman–Crippen MR) is 112 cm³/mol. The highest BCUT2D eigenvalue weighted by molar-refractivity contribution is 7.89. The second-order valence-corrected chi connectivity index (χ2v) is 9.32. The fourth-order valence-electron chi connectivity index (χ4n) is 3.49. The van der Waals surface area contributed by atoms with Gasteiger partial charge < -0.3 is 10.2 Å². The molecule has 0 spiro atoms. The quantitative estimate of drug-likeness (QED) is 0.717. The molecular weight excluding hydrogens is 469 g/mol. The number of anilines is 1. The Morgan fingerprint density at radius 1 is 1.22 bits per heavy atom. The fraction of sp³-hybridized carbons (Fsp3) is 0.300. The Hall–Kier alpha value is -2.81. The number of amides is 1. The van der Waals surface area contributed by atoms with E-state index in [-0.39, 0.29) is 35.2 Å². The minimum absolute atomic E-state index is 0.0382. The maximum Gasteiger partial charge on any atom is 0.417 e. The first-order chi connectivity index (χ1) is 15.0. The van der Waals surface area contributed by atoms with E-state index in [4.69, 9.17) is 16.9 Å². The number of carbonyl (C=O) groups excluding carboxylic acids is 1. The first kappa shape index (κ1) is 23.8. The lowest BCUT2D eigenvalue weighted by Crippen LogP contribution is -2.60. The normalized spacial score (nSPS) is 17.6. The number of rotatable bonds is 4. The molecular formula is C20H18ClF3N4O3S. The molecule has 0 bridgehead atoms. The second kappa shape index (κ2) is 8.97. The van der Waals surface area contributed by atoms with Gasteiger partial charge in [-0.1, -0.05) is 17.7 Å². The van der Waals surface area contributed by atoms with Crippen molar-refractivity contribution < 1.29 is 26.4 Å². The molecule has 1 amide bonds. The number of nitrogens with one attached hydrogen (secondary N) is 1. The van der Waals surface area contributed by atoms with Crippen LogP contribution in [-0.4, -0.2) is 51.4 Å². The standard InChI is InChI=1S/C20H18ClF3N4O3S/c1-26-19(29)18-12-27(15-6-5-13(11-25)17(10-15)20(22,23)24)7-8-28(18)32(30,31)16-4-2-3-14(21)9-16/h2-6,9-10,18H,7-8,12H2,1H3,(H,26,29). The summed E-state index contributed by atoms with van der Waals surface area (Å²) < 4.78 is 67.4. The summed E-state index contributed by atoms with van der Waals surface area (Å²) in [4.78, 5) is 13.9. The molecule has 1 aliphatic heterocycles. The van der Waals surface area contributed by atoms with E-state index >= 15 is 0 Å². The molecule has 1 aliphatic rings. The van der Waals surface area contributed by atoms with Crippen LogP contribution in [0.15, 0.2) is 47.4 Å². The second-order valence-electron chi connectivity index (χ2n) is 6.99. The lowest BCUT2D eigenvalue weighted by Gasteiger charge is -2.40. The number of likely N-dealkylation sites (N-methyl/N-ethyl adjacent to an activating group) is 1. The van der Waals surface area contributed by atoms with E-state index in [1.807, 2.05) is 0 Å². The van der Waals surface area contributed by atoms with Crippen LogP contribution in [-0.2, 0) is 21.0 Å². The van der Waals surface area contributed by atoms with E-state index in [2.05, 4.69) is 5.32 Å². The fourth-order valence-corrected chi connectivity index (χ4v) is 5.36. The zero-order valence-corrected chi connectivity index (χ0v) is 18.3. The number of alkyl halides is 3. The van der Waals surface area contributed by atoms with Crippen LogP contribution in [0, 0.1) is 11.3 Å². The van der Waals surface area contributed by atoms with E-state index in [1.165, 1.54) is 48.3 Å². The Morgan fingerprint density at radius 3 is 2.53 bits per heavy atom. The smallest absolute Gasteiger partial charge is 0.368 e. The average molecular weight is 487 g/mol. The summed E-state index contributed by atoms with van der Waals surface area (Å²) in [7, 11) is -2.76. The summed E-state index contributed by atoms with van der Waals surface area (Å²) in [5, 5.41) is 11.6. The SMILES string of the molecule is CNC(=O)C1CN(c2ccc(C#N)c(C(F)(F)F)c2)CCN1S(=O)(=O)c1cccc(Cl)c1. The summed E-state index contributed by atoms with van der Waals surface area (Å²) in [5.74, 6) is -0.606. The molecule has 2 aromatic carbocycles. The van der Waals surface area contributed by atoms with Crippen molar-refractivity contribution in [3.05, 3.63) is 58.6 Å². The summed E-state index contributed by atoms with van der Waals surface area (Å²) >= 11 is 5.91. The van der Waals surface area contributed by atoms with E-state index in [0.29, 0.717) is 0 Å². The molecule has 2 aromatic rings. The van der Waals surface area contributed by atoms with Crippen LogP contribution in [0.5, 0.6) is 0 Å². The molecule has 32 heavy (non-hydrogen) atoms. The first-order valence-electron chi connectivity index (χ1n) is 9.34. The average Bonchev–Trinajstić information content (AvgIpc) is 2.77. The summed E-state index contributed by atoms with van der Waals surface area (Å²) in [6.07, 6.45) is -4.74. The maximum absolute atomic E-state index is 13.3. The molecule has 1 saturated heterocycles. The monoisotopic (exact) mass is 486 g/mol. The number of halogens is 4. The molecule has 1 heterocycles. The first-order valence-corrected chi connectivity index (χ1v) is 11.2. The van der Waals surface area contributed by atoms with Gasteiger partial charge in [-0.2, -0.15) is 22.7 Å². The van der Waals surface area contributed by atoms with Crippen molar-refractivity contribution in [2.75, 3.05) is 31.6 Å². The lowest BCUT2D eigenvalue weighted by atomic mass is 10.1. The van der Waals surface area contributed by atoms with Crippen LogP contribution in [0.1, 0.15) is 11.1 Å². The van der Waals surface area contributed by atoms with E-state index in [0.717, 1.165) is 16.4 Å². The molecule has 0 saturated carbocycles. The van der Waals surface area contributed by atoms with Crippen molar-refractivity contribution in [3.8, 4) is 6.07 Å². The van der Waals surface area contributed by atoms with Gasteiger partial charge in [0, 0.05) is 37.4 Å². The number of sulfonamides is 1. The minimum atomic E-state index is -4.74. The van der Waals surface area contributed by atoms with Gasteiger partial charge >= 0.3 is 6.18 Å². The number of hydrogen-bond donors (Lipinski definition) is 1. The zero-order valence-electron chi connectivity index (χ0n) is 16.7. The van der Waals surface area contributed by atoms with Gasteiger partial charge in [-0.15, -0.1) is 0 Å². The van der Waals surface area contributed by atoms with Gasteiger partial charge in [0.25, 0.3) is 0 Å². The Bertz CT molecular complexity index is 1180. The van der Waals surface area contributed by atoms with Crippen LogP contribution >= 0.6 is 11.6 Å². The molecule has 0 radical (unpaired) electrons. The third kappa shape index (κ3) is 4.67. The van der Waals surface area contributed by atoms with Crippen molar-refractivity contribution in [2.45, 2.75) is 17.1 Å². The van der Waals surface area contributed by atoms with Gasteiger partial charge in [-0.05, 0) is 36.4 Å². The van der Waals surface area contributed by atoms with Gasteiger partial charge in [0.15, 0.2) is 0 Å². The molecule has 7 nitrogen and oxygen atoms in total. The van der Waals surface area contributed by atoms with Gasteiger partial charge in [-0.25, -0.2) is 8.42 Å². The number of nitriles is 1. The van der Waals surface area contributed by atoms with Crippen LogP contribution in [0.4, 0.5) is 18.9 Å². The third-order valence-electron chi connectivity index (χ3n) is 5.08. The largest absolute Gasteiger partial charge is 0.417 e. The topological polar surface area (TPSA) is 93.5 Å². The predicted octanol–water partition coefficient (Wildman–Crippen LogP) is 2.86. The Balaban J connectivity index is 1.97. The zero-order chi connectivity index (χ0) is 23.7. The maximum atomic E-state index is 13.3. The highest BCUT2D eigenvalue weighted by atomic mass is 35.5. The van der Waals surface area contributed by atoms with Crippen molar-refractivity contribution in [1.29, 1.82) is 5.26 Å². The Morgan fingerprint density at radius 2 is 1.94 bits per heavy atom. The van der Waals surface area contributed by atoms with E-state index in [1.54, 1.807) is 0 Å². The summed E-state index contributed by atoms with van der Waals surface area (Å²) in [6.45, 7) is -0.284. The number of hydrogen-bond acceptors (Lipinski definition) is 5. The summed E-state index contributed by atoms with van der Waals surface area (Å²) in [6, 6.07) is 9.16. The molecule has 1 N–H and O–H groups in total.